The predicted octanol–water partition coefficient (Wildman–Crippen LogP) is 4.14. The number of anilines is 1. The molecule has 1 N–H and O–H groups in total. The number of unbranched alkanes of at least 4 members (excludes halogenated alkanes) is 1. The molecule has 0 radical (unpaired) electrons. The van der Waals surface area contributed by atoms with Crippen molar-refractivity contribution in [2.24, 2.45) is 5.10 Å². The minimum atomic E-state index is -4.62. The number of para-hydroxylation sites is 1. The van der Waals surface area contributed by atoms with Gasteiger partial charge in [0.05, 0.1) is 37.7 Å². The van der Waals surface area contributed by atoms with Gasteiger partial charge in [-0.2, -0.15) is 5.10 Å². The van der Waals surface area contributed by atoms with Gasteiger partial charge in [-0.25, -0.2) is 13.8 Å². The molecule has 13 heteroatoms. The van der Waals surface area contributed by atoms with Crippen molar-refractivity contribution >= 4 is 33.5 Å². The van der Waals surface area contributed by atoms with Crippen LogP contribution in [0.15, 0.2) is 76.7 Å². The molecule has 1 amide bonds. The molecule has 3 rings (SSSR count). The predicted molar refractivity (Wildman–Crippen MR) is 150 cm³/mol. The van der Waals surface area contributed by atoms with Crippen LogP contribution in [0, 0.1) is 10.1 Å². The van der Waals surface area contributed by atoms with Gasteiger partial charge in [-0.1, -0.05) is 25.5 Å². The van der Waals surface area contributed by atoms with E-state index in [-0.39, 0.29) is 11.4 Å². The van der Waals surface area contributed by atoms with Crippen LogP contribution in [0.1, 0.15) is 25.3 Å². The van der Waals surface area contributed by atoms with Gasteiger partial charge in [0.25, 0.3) is 21.6 Å². The van der Waals surface area contributed by atoms with E-state index in [1.165, 1.54) is 50.8 Å². The largest absolute Gasteiger partial charge is 0.497 e. The maximum atomic E-state index is 13.7. The lowest BCUT2D eigenvalue weighted by molar-refractivity contribution is -0.387. The highest BCUT2D eigenvalue weighted by atomic mass is 32.2. The average molecular weight is 571 g/mol. The number of ether oxygens (including phenoxy) is 3. The lowest BCUT2D eigenvalue weighted by atomic mass is 10.2. The third-order valence-corrected chi connectivity index (χ3v) is 7.43. The van der Waals surface area contributed by atoms with Crippen molar-refractivity contribution in [3.8, 4) is 17.2 Å². The Morgan fingerprint density at radius 2 is 1.75 bits per heavy atom. The van der Waals surface area contributed by atoms with E-state index in [1.807, 2.05) is 0 Å². The molecule has 12 nitrogen and oxygen atoms in total. The van der Waals surface area contributed by atoms with Crippen LogP contribution >= 0.6 is 0 Å². The van der Waals surface area contributed by atoms with Crippen molar-refractivity contribution in [3.05, 3.63) is 82.4 Å². The highest BCUT2D eigenvalue weighted by molar-refractivity contribution is 7.93. The Balaban J connectivity index is 1.88. The number of nitrogens with zero attached hydrogens (tertiary/aromatic N) is 3. The summed E-state index contributed by atoms with van der Waals surface area (Å²) >= 11 is 0. The molecule has 40 heavy (non-hydrogen) atoms. The first-order valence-electron chi connectivity index (χ1n) is 12.2. The van der Waals surface area contributed by atoms with Crippen LogP contribution in [0.2, 0.25) is 0 Å². The van der Waals surface area contributed by atoms with Gasteiger partial charge >= 0.3 is 0 Å². The van der Waals surface area contributed by atoms with Crippen molar-refractivity contribution in [1.29, 1.82) is 0 Å². The summed E-state index contributed by atoms with van der Waals surface area (Å²) in [5, 5.41) is 15.5. The summed E-state index contributed by atoms with van der Waals surface area (Å²) in [7, 11) is -1.88. The van der Waals surface area contributed by atoms with Crippen molar-refractivity contribution in [2.45, 2.75) is 24.7 Å². The number of nitrogens with one attached hydrogen (secondary N) is 1. The fraction of sp³-hybridized carbons (Fsp3) is 0.259. The summed E-state index contributed by atoms with van der Waals surface area (Å²) in [5.74, 6) is 0.355. The fourth-order valence-electron chi connectivity index (χ4n) is 3.56. The average Bonchev–Trinajstić information content (AvgIpc) is 2.96. The molecule has 0 saturated heterocycles. The molecule has 0 unspecified atom stereocenters. The SMILES string of the molecule is CCCCOc1ccc(/C=N\NC(=O)CN(c2ccc(OC)cc2OC)S(=O)(=O)c2ccccc2[N+](=O)[O-])cc1. The van der Waals surface area contributed by atoms with Crippen LogP contribution in [0.4, 0.5) is 11.4 Å². The van der Waals surface area contributed by atoms with E-state index in [0.29, 0.717) is 23.7 Å². The maximum Gasteiger partial charge on any atom is 0.289 e. The molecule has 3 aromatic carbocycles. The van der Waals surface area contributed by atoms with E-state index in [9.17, 15) is 23.3 Å². The number of carbonyl (C=O) groups is 1. The zero-order valence-corrected chi connectivity index (χ0v) is 23.1. The number of nitro groups is 1. The molecule has 212 valence electrons. The van der Waals surface area contributed by atoms with Crippen molar-refractivity contribution in [1.82, 2.24) is 5.43 Å². The van der Waals surface area contributed by atoms with Crippen molar-refractivity contribution < 1.29 is 32.3 Å². The smallest absolute Gasteiger partial charge is 0.289 e. The molecule has 0 bridgehead atoms. The topological polar surface area (TPSA) is 150 Å². The number of hydrogen-bond acceptors (Lipinski definition) is 9. The first-order valence-corrected chi connectivity index (χ1v) is 13.7. The minimum absolute atomic E-state index is 0.0285. The van der Waals surface area contributed by atoms with Crippen molar-refractivity contribution in [3.63, 3.8) is 0 Å². The first-order chi connectivity index (χ1) is 19.2. The summed E-state index contributed by atoms with van der Waals surface area (Å²) in [6.45, 7) is 1.94. The Labute approximate surface area is 232 Å². The standard InChI is InChI=1S/C27H30N4O8S/c1-4-5-16-39-21-12-10-20(11-13-21)18-28-29-27(32)19-30(23-15-14-22(37-2)17-25(23)38-3)40(35,36)26-9-7-6-8-24(26)31(33)34/h6-15,17-18H,4-5,16,19H2,1-3H3,(H,29,32)/b28-18-. The van der Waals surface area contributed by atoms with E-state index < -0.39 is 38.0 Å². The van der Waals surface area contributed by atoms with E-state index in [4.69, 9.17) is 14.2 Å². The Hall–Kier alpha value is -4.65. The molecule has 0 spiro atoms. The summed E-state index contributed by atoms with van der Waals surface area (Å²) in [6, 6.07) is 16.2. The number of methoxy groups -OCH3 is 2. The Morgan fingerprint density at radius 3 is 2.40 bits per heavy atom. The lowest BCUT2D eigenvalue weighted by Gasteiger charge is -2.25. The molecule has 0 aliphatic heterocycles. The Bertz CT molecular complexity index is 1460. The zero-order valence-electron chi connectivity index (χ0n) is 22.3. The van der Waals surface area contributed by atoms with Crippen molar-refractivity contribution in [2.75, 3.05) is 31.7 Å². The third-order valence-electron chi connectivity index (χ3n) is 5.62. The van der Waals surface area contributed by atoms with Gasteiger partial charge in [0, 0.05) is 12.1 Å². The molecule has 0 heterocycles. The number of sulfonamides is 1. The molecule has 0 aliphatic rings. The number of benzene rings is 3. The highest BCUT2D eigenvalue weighted by Crippen LogP contribution is 2.37. The molecule has 3 aromatic rings. The van der Waals surface area contributed by atoms with Crippen LogP contribution in [-0.2, 0) is 14.8 Å². The first kappa shape index (κ1) is 29.9. The van der Waals surface area contributed by atoms with E-state index in [2.05, 4.69) is 17.5 Å². The quantitative estimate of drug-likeness (QED) is 0.132. The number of hydrogen-bond donors (Lipinski definition) is 1. The molecule has 0 atom stereocenters. The number of carbonyl (C=O) groups excluding carboxylic acids is 1. The van der Waals surface area contributed by atoms with Gasteiger partial charge in [-0.15, -0.1) is 0 Å². The second-order valence-electron chi connectivity index (χ2n) is 8.34. The second kappa shape index (κ2) is 13.9. The van der Waals surface area contributed by atoms with Gasteiger partial charge in [0.1, 0.15) is 23.8 Å². The molecule has 0 aliphatic carbocycles. The number of rotatable bonds is 14. The maximum absolute atomic E-state index is 13.7. The minimum Gasteiger partial charge on any atom is -0.497 e. The van der Waals surface area contributed by atoms with Crippen LogP contribution in [-0.4, -0.2) is 52.8 Å². The van der Waals surface area contributed by atoms with E-state index >= 15 is 0 Å². The summed E-state index contributed by atoms with van der Waals surface area (Å²) in [5.41, 5.74) is 2.31. The molecular formula is C27H30N4O8S. The fourth-order valence-corrected chi connectivity index (χ4v) is 5.16. The Kier molecular flexibility index (Phi) is 10.4. The Morgan fingerprint density at radius 1 is 1.05 bits per heavy atom. The summed E-state index contributed by atoms with van der Waals surface area (Å²) < 4.78 is 44.3. The van der Waals surface area contributed by atoms with Crippen LogP contribution in [0.25, 0.3) is 0 Å². The van der Waals surface area contributed by atoms with E-state index in [0.717, 1.165) is 29.3 Å². The molecular weight excluding hydrogens is 540 g/mol. The second-order valence-corrected chi connectivity index (χ2v) is 10.2. The number of hydrazone groups is 1. The lowest BCUT2D eigenvalue weighted by Crippen LogP contribution is -2.40. The van der Waals surface area contributed by atoms with Gasteiger partial charge in [-0.3, -0.25) is 19.2 Å². The monoisotopic (exact) mass is 570 g/mol. The van der Waals surface area contributed by atoms with Gasteiger partial charge in [0.15, 0.2) is 4.90 Å². The van der Waals surface area contributed by atoms with E-state index in [1.54, 1.807) is 24.3 Å². The summed E-state index contributed by atoms with van der Waals surface area (Å²) in [4.78, 5) is 23.1. The normalized spacial score (nSPS) is 11.2. The molecule has 0 saturated carbocycles. The van der Waals surface area contributed by atoms with Gasteiger partial charge in [-0.05, 0) is 54.4 Å². The number of amides is 1. The van der Waals surface area contributed by atoms with Gasteiger partial charge < -0.3 is 14.2 Å². The molecule has 0 aromatic heterocycles. The zero-order chi connectivity index (χ0) is 29.1. The molecule has 0 fully saturated rings. The highest BCUT2D eigenvalue weighted by Gasteiger charge is 2.34. The van der Waals surface area contributed by atoms with Gasteiger partial charge in [0.2, 0.25) is 0 Å². The summed E-state index contributed by atoms with van der Waals surface area (Å²) in [6.07, 6.45) is 3.36. The van der Waals surface area contributed by atoms with Crippen LogP contribution in [0.3, 0.4) is 0 Å². The number of nitro benzene ring substituents is 1. The van der Waals surface area contributed by atoms with Crippen LogP contribution < -0.4 is 23.9 Å². The van der Waals surface area contributed by atoms with Crippen LogP contribution in [0.5, 0.6) is 17.2 Å². The third kappa shape index (κ3) is 7.47.